The number of benzene rings is 1. The second kappa shape index (κ2) is 5.05. The summed E-state index contributed by atoms with van der Waals surface area (Å²) < 4.78 is 10.2. The fourth-order valence-electron chi connectivity index (χ4n) is 1.15. The maximum absolute atomic E-state index is 6.03. The second-order valence-corrected chi connectivity index (χ2v) is 2.95. The van der Waals surface area contributed by atoms with Crippen molar-refractivity contribution in [1.82, 2.24) is 0 Å². The Morgan fingerprint density at radius 1 is 1.21 bits per heavy atom. The lowest BCUT2D eigenvalue weighted by atomic mass is 10.2. The zero-order valence-electron chi connectivity index (χ0n) is 8.04. The fraction of sp³-hybridized carbons (Fsp3) is 0.333. The van der Waals surface area contributed by atoms with Crippen molar-refractivity contribution in [2.45, 2.75) is 6.61 Å². The van der Waals surface area contributed by atoms with Gasteiger partial charge in [-0.05, 0) is 12.1 Å². The van der Waals surface area contributed by atoms with Crippen LogP contribution >= 0.6 is 11.6 Å². The number of methoxy groups -OCH3 is 2. The Bertz CT molecular complexity index is 317. The van der Waals surface area contributed by atoms with Gasteiger partial charge in [0.15, 0.2) is 0 Å². The number of halogens is 1. The summed E-state index contributed by atoms with van der Waals surface area (Å²) in [5, 5.41) is 0.456. The average Bonchev–Trinajstić information content (AvgIpc) is 2.21. The molecule has 0 amide bonds. The lowest BCUT2D eigenvalue weighted by Crippen LogP contribution is -2.02. The number of rotatable bonds is 4. The van der Waals surface area contributed by atoms with Gasteiger partial charge in [0.2, 0.25) is 0 Å². The lowest BCUT2D eigenvalue weighted by Gasteiger charge is -2.12. The fourth-order valence-corrected chi connectivity index (χ4v) is 1.44. The van der Waals surface area contributed by atoms with Crippen molar-refractivity contribution < 1.29 is 14.3 Å². The zero-order valence-corrected chi connectivity index (χ0v) is 8.80. The molecule has 1 aromatic carbocycles. The Kier molecular flexibility index (Phi) is 4.00. The van der Waals surface area contributed by atoms with E-state index in [4.69, 9.17) is 27.0 Å². The van der Waals surface area contributed by atoms with Crippen LogP contribution in [0.1, 0.15) is 5.56 Å². The molecule has 1 rings (SSSR count). The van der Waals surface area contributed by atoms with Crippen molar-refractivity contribution in [3.05, 3.63) is 22.7 Å². The van der Waals surface area contributed by atoms with Gasteiger partial charge in [-0.3, -0.25) is 4.84 Å². The first-order valence-electron chi connectivity index (χ1n) is 3.95. The van der Waals surface area contributed by atoms with E-state index in [0.29, 0.717) is 22.1 Å². The molecule has 4 nitrogen and oxygen atoms in total. The van der Waals surface area contributed by atoms with Crippen LogP contribution in [-0.4, -0.2) is 14.2 Å². The molecule has 0 radical (unpaired) electrons. The predicted molar refractivity (Wildman–Crippen MR) is 53.5 cm³/mol. The predicted octanol–water partition coefficient (Wildman–Crippen LogP) is 1.75. The standard InChI is InChI=1S/C9H12ClNO3/c1-12-7-3-4-8(13-2)9(10)6(7)5-14-11/h3-4H,5,11H2,1-2H3. The quantitative estimate of drug-likeness (QED) is 0.781. The molecule has 0 unspecified atom stereocenters. The van der Waals surface area contributed by atoms with E-state index in [9.17, 15) is 0 Å². The monoisotopic (exact) mass is 217 g/mol. The molecule has 0 atom stereocenters. The van der Waals surface area contributed by atoms with E-state index >= 15 is 0 Å². The van der Waals surface area contributed by atoms with Crippen LogP contribution in [0.25, 0.3) is 0 Å². The van der Waals surface area contributed by atoms with Gasteiger partial charge in [-0.25, -0.2) is 5.90 Å². The Labute approximate surface area is 87.5 Å². The van der Waals surface area contributed by atoms with Crippen molar-refractivity contribution in [3.8, 4) is 11.5 Å². The zero-order chi connectivity index (χ0) is 10.6. The Morgan fingerprint density at radius 2 is 1.79 bits per heavy atom. The van der Waals surface area contributed by atoms with Crippen LogP contribution < -0.4 is 15.4 Å². The van der Waals surface area contributed by atoms with Crippen LogP contribution in [0, 0.1) is 0 Å². The average molecular weight is 218 g/mol. The van der Waals surface area contributed by atoms with Crippen molar-refractivity contribution in [2.24, 2.45) is 5.90 Å². The van der Waals surface area contributed by atoms with Crippen LogP contribution in [0.2, 0.25) is 5.02 Å². The molecular weight excluding hydrogens is 206 g/mol. The smallest absolute Gasteiger partial charge is 0.138 e. The summed E-state index contributed by atoms with van der Waals surface area (Å²) in [6, 6.07) is 3.47. The SMILES string of the molecule is COc1ccc(OC)c(CON)c1Cl. The third kappa shape index (κ3) is 2.09. The van der Waals surface area contributed by atoms with Crippen LogP contribution in [-0.2, 0) is 11.4 Å². The minimum Gasteiger partial charge on any atom is -0.496 e. The third-order valence-corrected chi connectivity index (χ3v) is 2.25. The number of ether oxygens (including phenoxy) is 2. The van der Waals surface area contributed by atoms with Crippen LogP contribution in [0.3, 0.4) is 0 Å². The third-order valence-electron chi connectivity index (χ3n) is 1.83. The molecule has 0 aliphatic carbocycles. The van der Waals surface area contributed by atoms with E-state index < -0.39 is 0 Å². The van der Waals surface area contributed by atoms with E-state index in [2.05, 4.69) is 4.84 Å². The molecule has 0 aliphatic heterocycles. The highest BCUT2D eigenvalue weighted by Crippen LogP contribution is 2.34. The number of nitrogens with two attached hydrogens (primary N) is 1. The highest BCUT2D eigenvalue weighted by atomic mass is 35.5. The van der Waals surface area contributed by atoms with Gasteiger partial charge in [-0.15, -0.1) is 0 Å². The van der Waals surface area contributed by atoms with Crippen molar-refractivity contribution in [1.29, 1.82) is 0 Å². The van der Waals surface area contributed by atoms with Gasteiger partial charge in [0.05, 0.1) is 25.8 Å². The van der Waals surface area contributed by atoms with Gasteiger partial charge >= 0.3 is 0 Å². The Morgan fingerprint density at radius 3 is 2.29 bits per heavy atom. The molecule has 0 heterocycles. The molecule has 78 valence electrons. The molecule has 14 heavy (non-hydrogen) atoms. The molecule has 0 spiro atoms. The Hall–Kier alpha value is -0.970. The summed E-state index contributed by atoms with van der Waals surface area (Å²) in [7, 11) is 3.10. The van der Waals surface area contributed by atoms with E-state index in [1.165, 1.54) is 0 Å². The number of hydrogen-bond acceptors (Lipinski definition) is 4. The first kappa shape index (κ1) is 11.1. The maximum Gasteiger partial charge on any atom is 0.138 e. The highest BCUT2D eigenvalue weighted by Gasteiger charge is 2.12. The topological polar surface area (TPSA) is 53.7 Å². The summed E-state index contributed by atoms with van der Waals surface area (Å²) in [5.41, 5.74) is 0.677. The van der Waals surface area contributed by atoms with Gasteiger partial charge in [-0.1, -0.05) is 11.6 Å². The molecule has 0 aliphatic rings. The number of hydrogen-bond donors (Lipinski definition) is 1. The molecule has 5 heteroatoms. The van der Waals surface area contributed by atoms with Crippen LogP contribution in [0.4, 0.5) is 0 Å². The molecule has 0 bridgehead atoms. The molecule has 0 aromatic heterocycles. The highest BCUT2D eigenvalue weighted by molar-refractivity contribution is 6.33. The Balaban J connectivity index is 3.16. The van der Waals surface area contributed by atoms with E-state index in [1.807, 2.05) is 0 Å². The van der Waals surface area contributed by atoms with Gasteiger partial charge in [0, 0.05) is 5.56 Å². The summed E-state index contributed by atoms with van der Waals surface area (Å²) in [6.07, 6.45) is 0. The van der Waals surface area contributed by atoms with Gasteiger partial charge in [0.1, 0.15) is 11.5 Å². The van der Waals surface area contributed by atoms with Crippen LogP contribution in [0.5, 0.6) is 11.5 Å². The summed E-state index contributed by atoms with van der Waals surface area (Å²) in [4.78, 5) is 4.53. The lowest BCUT2D eigenvalue weighted by molar-refractivity contribution is 0.122. The van der Waals surface area contributed by atoms with Crippen molar-refractivity contribution >= 4 is 11.6 Å². The largest absolute Gasteiger partial charge is 0.496 e. The second-order valence-electron chi connectivity index (χ2n) is 2.57. The first-order chi connectivity index (χ1) is 6.74. The minimum absolute atomic E-state index is 0.180. The van der Waals surface area contributed by atoms with E-state index in [1.54, 1.807) is 26.4 Å². The van der Waals surface area contributed by atoms with Gasteiger partial charge < -0.3 is 9.47 Å². The molecule has 0 fully saturated rings. The van der Waals surface area contributed by atoms with E-state index in [0.717, 1.165) is 0 Å². The van der Waals surface area contributed by atoms with Crippen LogP contribution in [0.15, 0.2) is 12.1 Å². The summed E-state index contributed by atoms with van der Waals surface area (Å²) in [6.45, 7) is 0.180. The normalized spacial score (nSPS) is 10.0. The van der Waals surface area contributed by atoms with Crippen molar-refractivity contribution in [2.75, 3.05) is 14.2 Å². The summed E-state index contributed by atoms with van der Waals surface area (Å²) >= 11 is 6.03. The molecule has 2 N–H and O–H groups in total. The van der Waals surface area contributed by atoms with Gasteiger partial charge in [0.25, 0.3) is 0 Å². The molecule has 0 saturated carbocycles. The maximum atomic E-state index is 6.03. The molecule has 0 saturated heterocycles. The molecular formula is C9H12ClNO3. The first-order valence-corrected chi connectivity index (χ1v) is 4.33. The summed E-state index contributed by atoms with van der Waals surface area (Å²) in [5.74, 6) is 6.18. The minimum atomic E-state index is 0.180. The van der Waals surface area contributed by atoms with Crippen molar-refractivity contribution in [3.63, 3.8) is 0 Å². The van der Waals surface area contributed by atoms with E-state index in [-0.39, 0.29) is 6.61 Å². The van der Waals surface area contributed by atoms with Gasteiger partial charge in [-0.2, -0.15) is 0 Å². The molecule has 1 aromatic rings.